The Hall–Kier alpha value is -0.0800. The lowest BCUT2D eigenvalue weighted by Gasteiger charge is -2.27. The van der Waals surface area contributed by atoms with Crippen LogP contribution in [0.15, 0.2) is 0 Å². The molecule has 0 saturated heterocycles. The summed E-state index contributed by atoms with van der Waals surface area (Å²) < 4.78 is 5.40. The monoisotopic (exact) mass is 229 g/mol. The third-order valence-electron chi connectivity index (χ3n) is 2.96. The highest BCUT2D eigenvalue weighted by Crippen LogP contribution is 2.22. The Morgan fingerprint density at radius 3 is 2.44 bits per heavy atom. The first-order valence-electron chi connectivity index (χ1n) is 6.83. The molecular weight excluding hydrogens is 198 g/mol. The Labute approximate surface area is 102 Å². The van der Waals surface area contributed by atoms with Crippen LogP contribution >= 0.6 is 0 Å². The number of rotatable bonds is 10. The van der Waals surface area contributed by atoms with Gasteiger partial charge in [0.15, 0.2) is 0 Å². The molecule has 98 valence electrons. The fourth-order valence-electron chi connectivity index (χ4n) is 1.75. The SMILES string of the molecule is CCCCCC(C)(C)CNC(C)COCC. The zero-order valence-electron chi connectivity index (χ0n) is 11.9. The molecule has 0 aromatic heterocycles. The quantitative estimate of drug-likeness (QED) is 0.578. The van der Waals surface area contributed by atoms with Gasteiger partial charge in [0.05, 0.1) is 6.61 Å². The van der Waals surface area contributed by atoms with E-state index in [9.17, 15) is 0 Å². The van der Waals surface area contributed by atoms with Crippen LogP contribution in [-0.4, -0.2) is 25.8 Å². The van der Waals surface area contributed by atoms with Crippen molar-refractivity contribution in [3.05, 3.63) is 0 Å². The van der Waals surface area contributed by atoms with Crippen molar-refractivity contribution in [1.82, 2.24) is 5.32 Å². The van der Waals surface area contributed by atoms with E-state index in [1.54, 1.807) is 0 Å². The van der Waals surface area contributed by atoms with Crippen molar-refractivity contribution >= 4 is 0 Å². The van der Waals surface area contributed by atoms with Gasteiger partial charge in [0.1, 0.15) is 0 Å². The number of nitrogens with one attached hydrogen (secondary N) is 1. The standard InChI is InChI=1S/C14H31NO/c1-6-8-9-10-14(4,5)12-15-13(3)11-16-7-2/h13,15H,6-12H2,1-5H3. The summed E-state index contributed by atoms with van der Waals surface area (Å²) in [6, 6.07) is 0.463. The Bertz CT molecular complexity index is 157. The number of hydrogen-bond donors (Lipinski definition) is 1. The molecule has 0 bridgehead atoms. The number of hydrogen-bond acceptors (Lipinski definition) is 2. The minimum absolute atomic E-state index is 0.412. The molecular formula is C14H31NO. The van der Waals surface area contributed by atoms with Gasteiger partial charge in [-0.05, 0) is 25.7 Å². The summed E-state index contributed by atoms with van der Waals surface area (Å²) in [6.45, 7) is 13.9. The second-order valence-corrected chi connectivity index (χ2v) is 5.56. The molecule has 0 aliphatic carbocycles. The molecule has 0 heterocycles. The molecule has 2 heteroatoms. The van der Waals surface area contributed by atoms with Crippen molar-refractivity contribution in [2.24, 2.45) is 5.41 Å². The largest absolute Gasteiger partial charge is 0.380 e. The molecule has 16 heavy (non-hydrogen) atoms. The lowest BCUT2D eigenvalue weighted by Crippen LogP contribution is -2.38. The second-order valence-electron chi connectivity index (χ2n) is 5.56. The predicted molar refractivity (Wildman–Crippen MR) is 71.9 cm³/mol. The average molecular weight is 229 g/mol. The Kier molecular flexibility index (Phi) is 8.96. The number of ether oxygens (including phenoxy) is 1. The van der Waals surface area contributed by atoms with E-state index < -0.39 is 0 Å². The van der Waals surface area contributed by atoms with Gasteiger partial charge in [0, 0.05) is 19.2 Å². The number of unbranched alkanes of at least 4 members (excludes halogenated alkanes) is 2. The zero-order valence-corrected chi connectivity index (χ0v) is 11.9. The summed E-state index contributed by atoms with van der Waals surface area (Å²) in [7, 11) is 0. The van der Waals surface area contributed by atoms with Crippen molar-refractivity contribution in [3.63, 3.8) is 0 Å². The van der Waals surface area contributed by atoms with Gasteiger partial charge in [0.25, 0.3) is 0 Å². The first kappa shape index (κ1) is 15.9. The lowest BCUT2D eigenvalue weighted by atomic mass is 9.86. The summed E-state index contributed by atoms with van der Waals surface area (Å²) in [5, 5.41) is 3.56. The fraction of sp³-hybridized carbons (Fsp3) is 1.00. The minimum Gasteiger partial charge on any atom is -0.380 e. The van der Waals surface area contributed by atoms with Crippen molar-refractivity contribution in [3.8, 4) is 0 Å². The van der Waals surface area contributed by atoms with E-state index in [-0.39, 0.29) is 0 Å². The van der Waals surface area contributed by atoms with Crippen molar-refractivity contribution in [1.29, 1.82) is 0 Å². The molecule has 2 nitrogen and oxygen atoms in total. The normalized spacial score (nSPS) is 14.1. The van der Waals surface area contributed by atoms with E-state index in [1.807, 2.05) is 6.92 Å². The first-order valence-corrected chi connectivity index (χ1v) is 6.83. The van der Waals surface area contributed by atoms with Crippen LogP contribution in [0.1, 0.15) is 60.3 Å². The summed E-state index contributed by atoms with van der Waals surface area (Å²) >= 11 is 0. The van der Waals surface area contributed by atoms with Gasteiger partial charge in [-0.2, -0.15) is 0 Å². The molecule has 0 aliphatic rings. The highest BCUT2D eigenvalue weighted by Gasteiger charge is 2.17. The van der Waals surface area contributed by atoms with Gasteiger partial charge in [-0.1, -0.05) is 40.0 Å². The maximum Gasteiger partial charge on any atom is 0.0616 e. The van der Waals surface area contributed by atoms with Gasteiger partial charge in [-0.15, -0.1) is 0 Å². The van der Waals surface area contributed by atoms with Gasteiger partial charge >= 0.3 is 0 Å². The topological polar surface area (TPSA) is 21.3 Å². The molecule has 0 aromatic carbocycles. The van der Waals surface area contributed by atoms with E-state index in [1.165, 1.54) is 25.7 Å². The molecule has 0 aliphatic heterocycles. The smallest absolute Gasteiger partial charge is 0.0616 e. The van der Waals surface area contributed by atoms with E-state index in [2.05, 4.69) is 33.0 Å². The molecule has 0 amide bonds. The Morgan fingerprint density at radius 2 is 1.88 bits per heavy atom. The first-order chi connectivity index (χ1) is 7.52. The van der Waals surface area contributed by atoms with Gasteiger partial charge in [-0.3, -0.25) is 0 Å². The molecule has 1 unspecified atom stereocenters. The molecule has 0 saturated carbocycles. The maximum absolute atomic E-state index is 5.40. The van der Waals surface area contributed by atoms with Crippen LogP contribution in [0.4, 0.5) is 0 Å². The Balaban J connectivity index is 3.62. The summed E-state index contributed by atoms with van der Waals surface area (Å²) in [5.74, 6) is 0. The average Bonchev–Trinajstić information content (AvgIpc) is 2.24. The van der Waals surface area contributed by atoms with E-state index in [4.69, 9.17) is 4.74 Å². The maximum atomic E-state index is 5.40. The third kappa shape index (κ3) is 9.17. The molecule has 1 N–H and O–H groups in total. The van der Waals surface area contributed by atoms with Crippen molar-refractivity contribution in [2.45, 2.75) is 66.3 Å². The molecule has 1 atom stereocenters. The van der Waals surface area contributed by atoms with Crippen LogP contribution in [0.3, 0.4) is 0 Å². The molecule has 0 fully saturated rings. The van der Waals surface area contributed by atoms with Crippen LogP contribution in [-0.2, 0) is 4.74 Å². The van der Waals surface area contributed by atoms with Gasteiger partial charge in [-0.25, -0.2) is 0 Å². The summed E-state index contributed by atoms with van der Waals surface area (Å²) in [5.41, 5.74) is 0.412. The highest BCUT2D eigenvalue weighted by atomic mass is 16.5. The molecule has 0 aromatic rings. The lowest BCUT2D eigenvalue weighted by molar-refractivity contribution is 0.122. The Morgan fingerprint density at radius 1 is 1.19 bits per heavy atom. The van der Waals surface area contributed by atoms with E-state index >= 15 is 0 Å². The zero-order chi connectivity index (χ0) is 12.4. The van der Waals surface area contributed by atoms with Gasteiger partial charge < -0.3 is 10.1 Å². The minimum atomic E-state index is 0.412. The molecule has 0 spiro atoms. The molecule has 0 rings (SSSR count). The molecule has 0 radical (unpaired) electrons. The van der Waals surface area contributed by atoms with Crippen LogP contribution in [0.25, 0.3) is 0 Å². The van der Waals surface area contributed by atoms with Crippen LogP contribution in [0, 0.1) is 5.41 Å². The summed E-state index contributed by atoms with van der Waals surface area (Å²) in [4.78, 5) is 0. The van der Waals surface area contributed by atoms with Crippen molar-refractivity contribution in [2.75, 3.05) is 19.8 Å². The second kappa shape index (κ2) is 9.00. The van der Waals surface area contributed by atoms with Crippen LogP contribution < -0.4 is 5.32 Å². The van der Waals surface area contributed by atoms with E-state index in [0.29, 0.717) is 11.5 Å². The van der Waals surface area contributed by atoms with Gasteiger partial charge in [0.2, 0.25) is 0 Å². The van der Waals surface area contributed by atoms with E-state index in [0.717, 1.165) is 19.8 Å². The highest BCUT2D eigenvalue weighted by molar-refractivity contribution is 4.73. The van der Waals surface area contributed by atoms with Crippen molar-refractivity contribution < 1.29 is 4.74 Å². The fourth-order valence-corrected chi connectivity index (χ4v) is 1.75. The van der Waals surface area contributed by atoms with Crippen LogP contribution in [0.2, 0.25) is 0 Å². The van der Waals surface area contributed by atoms with Crippen LogP contribution in [0.5, 0.6) is 0 Å². The summed E-state index contributed by atoms with van der Waals surface area (Å²) in [6.07, 6.45) is 5.34. The predicted octanol–water partition coefficient (Wildman–Crippen LogP) is 3.61. The third-order valence-corrected chi connectivity index (χ3v) is 2.96.